The zero-order chi connectivity index (χ0) is 101. The molecule has 732 valence electrons. The first-order chi connectivity index (χ1) is 71.0. The van der Waals surface area contributed by atoms with E-state index in [-0.39, 0.29) is 59.9 Å². The van der Waals surface area contributed by atoms with Crippen molar-refractivity contribution >= 4 is 90.4 Å². The van der Waals surface area contributed by atoms with E-state index in [1.165, 1.54) is 142 Å². The molecule has 0 spiro atoms. The molecule has 24 rings (SSSR count). The number of phenolic OH excluding ortho intramolecular Hbond substituents is 2. The Bertz CT molecular complexity index is 8300. The van der Waals surface area contributed by atoms with Gasteiger partial charge in [0.1, 0.15) is 106 Å². The third-order valence-corrected chi connectivity index (χ3v) is 25.3. The molecule has 22 heterocycles. The molecular weight excluding hydrogens is 1880 g/mol. The van der Waals surface area contributed by atoms with Gasteiger partial charge >= 0.3 is 0 Å². The first-order valence-electron chi connectivity index (χ1n) is 45.6. The monoisotopic (exact) mass is 1960 g/mol. The summed E-state index contributed by atoms with van der Waals surface area (Å²) in [5, 5.41) is 38.4. The molecule has 0 atom stereocenters. The molecule has 20 aromatic rings. The highest BCUT2D eigenvalue weighted by Gasteiger charge is 2.38. The molecule has 48 heteroatoms. The highest BCUT2D eigenvalue weighted by molar-refractivity contribution is 6.47. The zero-order valence-corrected chi connectivity index (χ0v) is 79.2. The predicted octanol–water partition coefficient (Wildman–Crippen LogP) is 8.40. The number of hydrogen-bond acceptors (Lipinski definition) is 32. The second kappa shape index (κ2) is 38.5. The second-order valence-electron chi connectivity index (χ2n) is 34.0. The number of carbonyl (C=O) groups is 8. The maximum Gasteiger partial charge on any atom is 0.295 e. The van der Waals surface area contributed by atoms with Crippen LogP contribution in [0.25, 0.3) is 112 Å². The normalized spacial score (nSPS) is 13.1. The minimum Gasteiger partial charge on any atom is -0.508 e. The number of imidazole rings is 4. The van der Waals surface area contributed by atoms with Crippen LogP contribution in [-0.4, -0.2) is 278 Å². The van der Waals surface area contributed by atoms with Gasteiger partial charge in [-0.1, -0.05) is 18.2 Å². The number of fused-ring (bicyclic) bond motifs is 8. The van der Waals surface area contributed by atoms with Crippen molar-refractivity contribution in [2.24, 2.45) is 0 Å². The first-order valence-corrected chi connectivity index (χ1v) is 45.6. The number of pyridine rings is 6. The molecule has 0 saturated carbocycles. The number of carbonyl (C=O) groups excluding carboxylic acids is 8. The van der Waals surface area contributed by atoms with Crippen molar-refractivity contribution in [1.29, 1.82) is 0 Å². The third-order valence-electron chi connectivity index (χ3n) is 25.3. The number of Topliss-reactive ketones (excluding diaryl/α,β-unsaturated/α-hetero) is 4. The molecule has 0 radical (unpaired) electrons. The summed E-state index contributed by atoms with van der Waals surface area (Å²) in [6.45, 7) is 11.3. The van der Waals surface area contributed by atoms with Crippen LogP contribution in [0.4, 0.5) is 0 Å². The van der Waals surface area contributed by atoms with Crippen molar-refractivity contribution in [2.75, 3.05) is 54.6 Å². The van der Waals surface area contributed by atoms with E-state index in [0.29, 0.717) is 189 Å². The summed E-state index contributed by atoms with van der Waals surface area (Å²) in [6.07, 6.45) is 30.3. The fraction of sp³-hybridized carbons (Fsp3) is 0.204. The summed E-state index contributed by atoms with van der Waals surface area (Å²) in [4.78, 5) is 186. The van der Waals surface area contributed by atoms with Crippen molar-refractivity contribution in [3.63, 3.8) is 0 Å². The van der Waals surface area contributed by atoms with Crippen LogP contribution < -0.4 is 18.9 Å². The van der Waals surface area contributed by atoms with E-state index in [9.17, 15) is 48.6 Å². The third kappa shape index (κ3) is 17.1. The second-order valence-corrected chi connectivity index (χ2v) is 34.0. The molecule has 0 fully saturated rings. The standard InChI is InChI=1S/2C25H22N8O4.2C24H21N9O3/c1-14-29-13-33(30-14)24-22-21(19(37-2)11-28-24)17(9-27-22)23(35)25(36)31-7-8-32-18(10-26-20(32)12-31)15-3-5-16(34)6-4-15;1-14-29-13-33(30-14)24-22-21(19(37-2)11-28-24)17(9-27-22)23(35)25(36)31-6-7-32-18(10-26-20(32)12-31)15-4-3-5-16(34)8-15;1-14-29-13-33(30-14)23-21-20(18(36-2)11-28-23)16(9-27-21)22(34)24(35)31-6-7-32-17(10-26-19(32)12-31)15-4-3-5-25-8-15;1-14-29-13-33(30-14)23-21-20(18(36-2)11-28-23)15(9-27-21)22(34)24(35)31-7-8-32-17(10-26-19(32)12-31)16-5-3-4-6-25-16/h3-6,9-11,13,27,34H,7-8,12H2,1-2H3;3-5,8-11,13,27,34H,6-7,12H2,1-2H3;3-5,8-11,13,27H,6-7,12H2,1-2H3;3-6,9-11,13,27H,7-8,12H2,1-2H3. The Labute approximate surface area is 824 Å². The minimum atomic E-state index is -0.662. The number of ketones is 4. The van der Waals surface area contributed by atoms with Gasteiger partial charge in [-0.2, -0.15) is 20.4 Å². The fourth-order valence-corrected chi connectivity index (χ4v) is 18.2. The number of phenols is 2. The van der Waals surface area contributed by atoms with Crippen molar-refractivity contribution < 1.29 is 67.5 Å². The summed E-state index contributed by atoms with van der Waals surface area (Å²) < 4.78 is 36.0. The number of aromatic nitrogens is 30. The maximum absolute atomic E-state index is 13.4. The minimum absolute atomic E-state index is 0.165. The Balaban J connectivity index is 0.000000114. The number of methoxy groups -OCH3 is 4. The lowest BCUT2D eigenvalue weighted by atomic mass is 10.1. The molecule has 6 N–H and O–H groups in total. The number of aromatic amines is 4. The van der Waals surface area contributed by atoms with Gasteiger partial charge in [-0.25, -0.2) is 78.5 Å². The Kier molecular flexibility index (Phi) is 24.4. The van der Waals surface area contributed by atoms with Crippen molar-refractivity contribution in [2.45, 2.75) is 80.1 Å². The fourth-order valence-electron chi connectivity index (χ4n) is 18.2. The van der Waals surface area contributed by atoms with Crippen LogP contribution in [0, 0.1) is 27.7 Å². The van der Waals surface area contributed by atoms with Gasteiger partial charge in [-0.05, 0) is 88.4 Å². The number of nitrogens with one attached hydrogen (secondary N) is 4. The molecule has 4 aliphatic heterocycles. The molecule has 2 aromatic carbocycles. The highest BCUT2D eigenvalue weighted by atomic mass is 16.5. The van der Waals surface area contributed by atoms with Crippen LogP contribution in [-0.2, 0) is 71.5 Å². The van der Waals surface area contributed by atoms with Crippen molar-refractivity contribution in [1.82, 2.24) is 167 Å². The van der Waals surface area contributed by atoms with Crippen LogP contribution >= 0.6 is 0 Å². The number of benzene rings is 2. The average Bonchev–Trinajstić information content (AvgIpc) is 1.63. The molecule has 48 nitrogen and oxygen atoms in total. The van der Waals surface area contributed by atoms with E-state index in [4.69, 9.17) is 18.9 Å². The van der Waals surface area contributed by atoms with Gasteiger partial charge in [0.05, 0.1) is 199 Å². The van der Waals surface area contributed by atoms with Gasteiger partial charge < -0.3 is 87.0 Å². The molecule has 0 aliphatic carbocycles. The number of amides is 4. The lowest BCUT2D eigenvalue weighted by molar-refractivity contribution is -0.128. The van der Waals surface area contributed by atoms with Crippen LogP contribution in [0.3, 0.4) is 0 Å². The maximum atomic E-state index is 13.4. The number of H-pyrrole nitrogens is 4. The van der Waals surface area contributed by atoms with E-state index in [1.807, 2.05) is 62.2 Å². The van der Waals surface area contributed by atoms with Gasteiger partial charge in [0.15, 0.2) is 23.3 Å². The molecule has 4 aliphatic rings. The van der Waals surface area contributed by atoms with Crippen molar-refractivity contribution in [3.8, 4) is 103 Å². The van der Waals surface area contributed by atoms with Crippen molar-refractivity contribution in [3.05, 3.63) is 266 Å². The van der Waals surface area contributed by atoms with Gasteiger partial charge in [-0.3, -0.25) is 48.3 Å². The number of aromatic hydroxyl groups is 2. The first kappa shape index (κ1) is 92.6. The average molecular weight is 1960 g/mol. The zero-order valence-electron chi connectivity index (χ0n) is 79.2. The number of hydrogen-bond donors (Lipinski definition) is 6. The van der Waals surface area contributed by atoms with Crippen LogP contribution in [0.5, 0.6) is 34.5 Å². The topological polar surface area (TPSA) is 562 Å². The predicted molar refractivity (Wildman–Crippen MR) is 518 cm³/mol. The number of ether oxygens (including phenoxy) is 4. The summed E-state index contributed by atoms with van der Waals surface area (Å²) in [6, 6.07) is 23.3. The van der Waals surface area contributed by atoms with Gasteiger partial charge in [0.2, 0.25) is 0 Å². The molecule has 4 amide bonds. The Morgan fingerprint density at radius 2 is 0.637 bits per heavy atom. The summed E-state index contributed by atoms with van der Waals surface area (Å²) >= 11 is 0. The molecular formula is C98H86N34O14. The molecule has 0 saturated heterocycles. The highest BCUT2D eigenvalue weighted by Crippen LogP contribution is 2.40. The smallest absolute Gasteiger partial charge is 0.295 e. The summed E-state index contributed by atoms with van der Waals surface area (Å²) in [5.74, 6) is 3.55. The Morgan fingerprint density at radius 3 is 0.945 bits per heavy atom. The summed E-state index contributed by atoms with van der Waals surface area (Å²) in [5.41, 5.74) is 9.87. The SMILES string of the molecule is COc1cnc(-n2cnc(C)n2)c2[nH]cc(C(=O)C(=O)N3CCn4c(-c5ccc(O)cc5)cnc4C3)c12.COc1cnc(-n2cnc(C)n2)c2[nH]cc(C(=O)C(=O)N3CCn4c(-c5cccc(O)c5)cnc4C3)c12.COc1cnc(-n2cnc(C)n2)c2[nH]cc(C(=O)C(=O)N3CCn4c(-c5ccccn5)cnc4C3)c12.COc1cnc(-n2cnc(C)n2)c2[nH]cc(C(=O)C(=O)N3CCn4c(-c5cccnc5)cnc4C3)c12. The molecule has 0 bridgehead atoms. The van der Waals surface area contributed by atoms with Crippen LogP contribution in [0.2, 0.25) is 0 Å². The van der Waals surface area contributed by atoms with Crippen LogP contribution in [0.1, 0.15) is 88.0 Å². The van der Waals surface area contributed by atoms with E-state index in [2.05, 4.69) is 115 Å². The lowest BCUT2D eigenvalue weighted by Crippen LogP contribution is -2.42. The number of nitrogens with zero attached hydrogens (tertiary/aromatic N) is 30. The summed E-state index contributed by atoms with van der Waals surface area (Å²) in [7, 11) is 5.94. The van der Waals surface area contributed by atoms with E-state index >= 15 is 0 Å². The Morgan fingerprint density at radius 1 is 0.308 bits per heavy atom. The molecule has 146 heavy (non-hydrogen) atoms. The molecule has 0 unspecified atom stereocenters. The van der Waals surface area contributed by atoms with Gasteiger partial charge in [0, 0.05) is 112 Å². The van der Waals surface area contributed by atoms with Crippen LogP contribution in [0.15, 0.2) is 197 Å². The molecule has 18 aromatic heterocycles. The van der Waals surface area contributed by atoms with Gasteiger partial charge in [-0.15, -0.1) is 0 Å². The lowest BCUT2D eigenvalue weighted by Gasteiger charge is -2.28. The number of aryl methyl sites for hydroxylation is 4. The van der Waals surface area contributed by atoms with E-state index in [0.717, 1.165) is 45.2 Å². The Hall–Kier alpha value is -19.7. The quantitative estimate of drug-likeness (QED) is 0.0308. The number of rotatable bonds is 20. The van der Waals surface area contributed by atoms with E-state index < -0.39 is 46.8 Å². The van der Waals surface area contributed by atoms with Gasteiger partial charge in [0.25, 0.3) is 46.8 Å². The van der Waals surface area contributed by atoms with E-state index in [1.54, 1.807) is 101 Å². The largest absolute Gasteiger partial charge is 0.508 e.